The maximum absolute atomic E-state index is 4.12. The van der Waals surface area contributed by atoms with Crippen molar-refractivity contribution >= 4 is 0 Å². The summed E-state index contributed by atoms with van der Waals surface area (Å²) in [5.74, 6) is 1.72. The second-order valence-electron chi connectivity index (χ2n) is 5.16. The first-order valence-corrected chi connectivity index (χ1v) is 6.05. The van der Waals surface area contributed by atoms with Crippen LogP contribution in [0.15, 0.2) is 6.20 Å². The molecule has 0 amide bonds. The number of likely N-dealkylation sites (tertiary alicyclic amines) is 1. The highest BCUT2D eigenvalue weighted by atomic mass is 15.2. The highest BCUT2D eigenvalue weighted by molar-refractivity contribution is 5.20. The molecule has 0 radical (unpaired) electrons. The minimum Gasteiger partial charge on any atom is -0.302 e. The summed E-state index contributed by atoms with van der Waals surface area (Å²) in [4.78, 5) is 2.63. The van der Waals surface area contributed by atoms with Crippen molar-refractivity contribution < 1.29 is 0 Å². The first kappa shape index (κ1) is 9.40. The Balaban J connectivity index is 1.62. The molecular formula is C12H19N3. The Hall–Kier alpha value is -0.830. The van der Waals surface area contributed by atoms with E-state index in [2.05, 4.69) is 22.0 Å². The lowest BCUT2D eigenvalue weighted by Gasteiger charge is -2.15. The van der Waals surface area contributed by atoms with E-state index >= 15 is 0 Å². The second-order valence-corrected chi connectivity index (χ2v) is 5.16. The summed E-state index contributed by atoms with van der Waals surface area (Å²) in [6.07, 6.45) is 6.17. The minimum absolute atomic E-state index is 0.700. The monoisotopic (exact) mass is 205 g/mol. The minimum atomic E-state index is 0.700. The molecule has 2 fully saturated rings. The maximum atomic E-state index is 4.12. The zero-order valence-corrected chi connectivity index (χ0v) is 9.37. The van der Waals surface area contributed by atoms with E-state index in [1.54, 1.807) is 0 Å². The summed E-state index contributed by atoms with van der Waals surface area (Å²) >= 11 is 0. The number of aryl methyl sites for hydroxylation is 1. The van der Waals surface area contributed by atoms with E-state index in [1.807, 2.05) is 6.20 Å². The Morgan fingerprint density at radius 3 is 3.00 bits per heavy atom. The molecule has 1 saturated heterocycles. The van der Waals surface area contributed by atoms with Gasteiger partial charge in [0.25, 0.3) is 0 Å². The fourth-order valence-corrected chi connectivity index (χ4v) is 2.67. The second kappa shape index (κ2) is 3.63. The molecule has 1 N–H and O–H groups in total. The molecule has 3 rings (SSSR count). The SMILES string of the molecule is Cc1cn[nH]c1[C@H]1CCN(CC2CC2)C1. The third kappa shape index (κ3) is 1.93. The van der Waals surface area contributed by atoms with Crippen LogP contribution in [0.3, 0.4) is 0 Å². The van der Waals surface area contributed by atoms with Gasteiger partial charge in [0.05, 0.1) is 6.20 Å². The maximum Gasteiger partial charge on any atom is 0.0519 e. The average molecular weight is 205 g/mol. The van der Waals surface area contributed by atoms with Crippen molar-refractivity contribution in [3.63, 3.8) is 0 Å². The highest BCUT2D eigenvalue weighted by Crippen LogP contribution is 2.33. The molecule has 3 nitrogen and oxygen atoms in total. The van der Waals surface area contributed by atoms with Crippen molar-refractivity contribution in [1.29, 1.82) is 0 Å². The Bertz CT molecular complexity index is 340. The van der Waals surface area contributed by atoms with Crippen molar-refractivity contribution in [2.45, 2.75) is 32.1 Å². The van der Waals surface area contributed by atoms with Crippen LogP contribution >= 0.6 is 0 Å². The molecular weight excluding hydrogens is 186 g/mol. The molecule has 2 heterocycles. The molecule has 1 aromatic rings. The highest BCUT2D eigenvalue weighted by Gasteiger charge is 2.30. The summed E-state index contributed by atoms with van der Waals surface area (Å²) in [7, 11) is 0. The lowest BCUT2D eigenvalue weighted by molar-refractivity contribution is 0.320. The topological polar surface area (TPSA) is 31.9 Å². The summed E-state index contributed by atoms with van der Waals surface area (Å²) in [6, 6.07) is 0. The Morgan fingerprint density at radius 2 is 2.33 bits per heavy atom. The van der Waals surface area contributed by atoms with Gasteiger partial charge in [0.2, 0.25) is 0 Å². The Kier molecular flexibility index (Phi) is 2.28. The Morgan fingerprint density at radius 1 is 1.47 bits per heavy atom. The number of hydrogen-bond acceptors (Lipinski definition) is 2. The lowest BCUT2D eigenvalue weighted by atomic mass is 10.0. The number of hydrogen-bond donors (Lipinski definition) is 1. The third-order valence-corrected chi connectivity index (χ3v) is 3.76. The van der Waals surface area contributed by atoms with E-state index in [1.165, 1.54) is 50.2 Å². The van der Waals surface area contributed by atoms with Crippen LogP contribution in [0, 0.1) is 12.8 Å². The predicted octanol–water partition coefficient (Wildman–Crippen LogP) is 1.92. The predicted molar refractivity (Wildman–Crippen MR) is 59.8 cm³/mol. The van der Waals surface area contributed by atoms with Crippen LogP contribution in [0.1, 0.15) is 36.4 Å². The van der Waals surface area contributed by atoms with E-state index in [0.29, 0.717) is 5.92 Å². The van der Waals surface area contributed by atoms with E-state index in [9.17, 15) is 0 Å². The molecule has 0 aromatic carbocycles. The number of nitrogens with zero attached hydrogens (tertiary/aromatic N) is 2. The van der Waals surface area contributed by atoms with Crippen molar-refractivity contribution in [2.24, 2.45) is 5.92 Å². The van der Waals surface area contributed by atoms with Crippen LogP contribution in [-0.4, -0.2) is 34.7 Å². The lowest BCUT2D eigenvalue weighted by Crippen LogP contribution is -2.22. The van der Waals surface area contributed by atoms with Crippen LogP contribution in [0.5, 0.6) is 0 Å². The molecule has 15 heavy (non-hydrogen) atoms. The first-order valence-electron chi connectivity index (χ1n) is 6.05. The van der Waals surface area contributed by atoms with Crippen LogP contribution in [0.2, 0.25) is 0 Å². The third-order valence-electron chi connectivity index (χ3n) is 3.76. The van der Waals surface area contributed by atoms with Gasteiger partial charge >= 0.3 is 0 Å². The molecule has 1 atom stereocenters. The smallest absolute Gasteiger partial charge is 0.0519 e. The average Bonchev–Trinajstić information content (AvgIpc) is 2.74. The summed E-state index contributed by atoms with van der Waals surface area (Å²) in [5, 5.41) is 7.28. The molecule has 0 bridgehead atoms. The van der Waals surface area contributed by atoms with Gasteiger partial charge in [-0.25, -0.2) is 0 Å². The van der Waals surface area contributed by atoms with Crippen LogP contribution in [-0.2, 0) is 0 Å². The quantitative estimate of drug-likeness (QED) is 0.817. The first-order chi connectivity index (χ1) is 7.33. The van der Waals surface area contributed by atoms with Gasteiger partial charge in [0.1, 0.15) is 0 Å². The van der Waals surface area contributed by atoms with Gasteiger partial charge in [-0.2, -0.15) is 5.10 Å². The van der Waals surface area contributed by atoms with E-state index in [-0.39, 0.29) is 0 Å². The zero-order chi connectivity index (χ0) is 10.3. The van der Waals surface area contributed by atoms with Gasteiger partial charge in [0.15, 0.2) is 0 Å². The fraction of sp³-hybridized carbons (Fsp3) is 0.750. The number of rotatable bonds is 3. The Labute approximate surface area is 90.9 Å². The number of nitrogens with one attached hydrogen (secondary N) is 1. The van der Waals surface area contributed by atoms with Crippen molar-refractivity contribution in [3.8, 4) is 0 Å². The van der Waals surface area contributed by atoms with Crippen LogP contribution in [0.4, 0.5) is 0 Å². The molecule has 0 unspecified atom stereocenters. The fourth-order valence-electron chi connectivity index (χ4n) is 2.67. The molecule has 1 aliphatic carbocycles. The van der Waals surface area contributed by atoms with Crippen LogP contribution < -0.4 is 0 Å². The van der Waals surface area contributed by atoms with E-state index < -0.39 is 0 Å². The standard InChI is InChI=1S/C12H19N3/c1-9-6-13-14-12(9)11-4-5-15(8-11)7-10-2-3-10/h6,10-11H,2-5,7-8H2,1H3,(H,13,14)/t11-/m0/s1. The van der Waals surface area contributed by atoms with Crippen LogP contribution in [0.25, 0.3) is 0 Å². The van der Waals surface area contributed by atoms with Crippen molar-refractivity contribution in [3.05, 3.63) is 17.5 Å². The van der Waals surface area contributed by atoms with Gasteiger partial charge in [0, 0.05) is 24.7 Å². The van der Waals surface area contributed by atoms with Gasteiger partial charge in [-0.05, 0) is 44.2 Å². The van der Waals surface area contributed by atoms with Gasteiger partial charge < -0.3 is 4.90 Å². The summed E-state index contributed by atoms with van der Waals surface area (Å²) < 4.78 is 0. The molecule has 0 spiro atoms. The van der Waals surface area contributed by atoms with E-state index in [0.717, 1.165) is 5.92 Å². The zero-order valence-electron chi connectivity index (χ0n) is 9.37. The van der Waals surface area contributed by atoms with Crippen molar-refractivity contribution in [2.75, 3.05) is 19.6 Å². The molecule has 1 aliphatic heterocycles. The van der Waals surface area contributed by atoms with Gasteiger partial charge in [-0.3, -0.25) is 5.10 Å². The van der Waals surface area contributed by atoms with Crippen molar-refractivity contribution in [1.82, 2.24) is 15.1 Å². The molecule has 82 valence electrons. The van der Waals surface area contributed by atoms with Gasteiger partial charge in [-0.1, -0.05) is 0 Å². The number of H-pyrrole nitrogens is 1. The molecule has 3 heteroatoms. The molecule has 2 aliphatic rings. The van der Waals surface area contributed by atoms with Gasteiger partial charge in [-0.15, -0.1) is 0 Å². The molecule has 1 aromatic heterocycles. The summed E-state index contributed by atoms with van der Waals surface area (Å²) in [6.45, 7) is 6.01. The van der Waals surface area contributed by atoms with E-state index in [4.69, 9.17) is 0 Å². The normalized spacial score (nSPS) is 27.4. The summed E-state index contributed by atoms with van der Waals surface area (Å²) in [5.41, 5.74) is 2.70. The largest absolute Gasteiger partial charge is 0.302 e. The number of aromatic amines is 1. The number of aromatic nitrogens is 2. The molecule has 1 saturated carbocycles.